The van der Waals surface area contributed by atoms with Crippen LogP contribution in [0.25, 0.3) is 0 Å². The van der Waals surface area contributed by atoms with Crippen LogP contribution in [0.3, 0.4) is 0 Å². The minimum Gasteiger partial charge on any atom is -0.393 e. The van der Waals surface area contributed by atoms with Crippen molar-refractivity contribution in [2.24, 2.45) is 0 Å². The SMILES string of the molecule is O=C1CC(c2ccccc2C(F)(F)F)CC(=O)O1. The van der Waals surface area contributed by atoms with Gasteiger partial charge in [-0.15, -0.1) is 0 Å². The average Bonchev–Trinajstić information content (AvgIpc) is 2.26. The van der Waals surface area contributed by atoms with Crippen LogP contribution in [0, 0.1) is 0 Å². The van der Waals surface area contributed by atoms with Crippen LogP contribution >= 0.6 is 0 Å². The summed E-state index contributed by atoms with van der Waals surface area (Å²) in [7, 11) is 0. The molecule has 1 aliphatic rings. The molecule has 0 atom stereocenters. The number of carbonyl (C=O) groups excluding carboxylic acids is 2. The maximum Gasteiger partial charge on any atom is 0.416 e. The molecule has 1 aromatic carbocycles. The van der Waals surface area contributed by atoms with E-state index in [1.54, 1.807) is 0 Å². The number of alkyl halides is 3. The number of hydrogen-bond donors (Lipinski definition) is 0. The lowest BCUT2D eigenvalue weighted by atomic mass is 9.87. The van der Waals surface area contributed by atoms with E-state index in [0.717, 1.165) is 6.07 Å². The summed E-state index contributed by atoms with van der Waals surface area (Å²) in [5.41, 5.74) is -0.840. The molecular weight excluding hydrogens is 249 g/mol. The van der Waals surface area contributed by atoms with E-state index in [1.807, 2.05) is 0 Å². The molecular formula is C12H9F3O3. The lowest BCUT2D eigenvalue weighted by molar-refractivity contribution is -0.164. The van der Waals surface area contributed by atoms with E-state index >= 15 is 0 Å². The highest BCUT2D eigenvalue weighted by molar-refractivity contribution is 5.89. The number of halogens is 3. The number of benzene rings is 1. The standard InChI is InChI=1S/C12H9F3O3/c13-12(14,15)9-4-2-1-3-8(9)7-5-10(16)18-11(17)6-7/h1-4,7H,5-6H2. The Kier molecular flexibility index (Phi) is 3.11. The number of cyclic esters (lactones) is 2. The molecule has 0 amide bonds. The number of hydrogen-bond acceptors (Lipinski definition) is 3. The van der Waals surface area contributed by atoms with Crippen LogP contribution in [-0.4, -0.2) is 11.9 Å². The van der Waals surface area contributed by atoms with Crippen LogP contribution in [0.4, 0.5) is 13.2 Å². The highest BCUT2D eigenvalue weighted by Crippen LogP contribution is 2.38. The summed E-state index contributed by atoms with van der Waals surface area (Å²) in [5, 5.41) is 0. The van der Waals surface area contributed by atoms with Crippen molar-refractivity contribution in [1.29, 1.82) is 0 Å². The Balaban J connectivity index is 2.39. The summed E-state index contributed by atoms with van der Waals surface area (Å²) in [5.74, 6) is -2.34. The van der Waals surface area contributed by atoms with Gasteiger partial charge in [-0.1, -0.05) is 18.2 Å². The maximum atomic E-state index is 12.8. The van der Waals surface area contributed by atoms with Crippen LogP contribution in [0.5, 0.6) is 0 Å². The highest BCUT2D eigenvalue weighted by atomic mass is 19.4. The van der Waals surface area contributed by atoms with Crippen LogP contribution in [0.15, 0.2) is 24.3 Å². The summed E-state index contributed by atoms with van der Waals surface area (Å²) < 4.78 is 42.7. The highest BCUT2D eigenvalue weighted by Gasteiger charge is 2.37. The summed E-state index contributed by atoms with van der Waals surface area (Å²) >= 11 is 0. The molecule has 1 fully saturated rings. The minimum absolute atomic E-state index is 0.0324. The van der Waals surface area contributed by atoms with Crippen molar-refractivity contribution in [3.8, 4) is 0 Å². The summed E-state index contributed by atoms with van der Waals surface area (Å²) in [6, 6.07) is 4.96. The fraction of sp³-hybridized carbons (Fsp3) is 0.333. The Morgan fingerprint density at radius 3 is 2.17 bits per heavy atom. The maximum absolute atomic E-state index is 12.8. The molecule has 6 heteroatoms. The van der Waals surface area contributed by atoms with Gasteiger partial charge in [0.2, 0.25) is 0 Å². The third-order valence-electron chi connectivity index (χ3n) is 2.76. The zero-order chi connectivity index (χ0) is 13.3. The Bertz CT molecular complexity index is 478. The molecule has 3 nitrogen and oxygen atoms in total. The molecule has 18 heavy (non-hydrogen) atoms. The third-order valence-corrected chi connectivity index (χ3v) is 2.76. The van der Waals surface area contributed by atoms with E-state index in [-0.39, 0.29) is 18.4 Å². The normalized spacial score (nSPS) is 17.7. The number of rotatable bonds is 1. The lowest BCUT2D eigenvalue weighted by Crippen LogP contribution is -2.25. The van der Waals surface area contributed by atoms with E-state index < -0.39 is 29.6 Å². The minimum atomic E-state index is -4.50. The molecule has 1 saturated heterocycles. The monoisotopic (exact) mass is 258 g/mol. The van der Waals surface area contributed by atoms with Crippen molar-refractivity contribution in [3.05, 3.63) is 35.4 Å². The molecule has 1 heterocycles. The second-order valence-electron chi connectivity index (χ2n) is 4.04. The van der Waals surface area contributed by atoms with Crippen LogP contribution in [0.1, 0.15) is 29.9 Å². The van der Waals surface area contributed by atoms with Crippen molar-refractivity contribution in [3.63, 3.8) is 0 Å². The number of ether oxygens (including phenoxy) is 1. The average molecular weight is 258 g/mol. The van der Waals surface area contributed by atoms with Crippen LogP contribution < -0.4 is 0 Å². The molecule has 0 saturated carbocycles. The van der Waals surface area contributed by atoms with E-state index in [1.165, 1.54) is 18.2 Å². The van der Waals surface area contributed by atoms with E-state index in [4.69, 9.17) is 0 Å². The zero-order valence-corrected chi connectivity index (χ0v) is 9.16. The topological polar surface area (TPSA) is 43.4 Å². The summed E-state index contributed by atoms with van der Waals surface area (Å²) in [6.07, 6.45) is -4.92. The third kappa shape index (κ3) is 2.52. The van der Waals surface area contributed by atoms with Gasteiger partial charge in [-0.05, 0) is 11.6 Å². The molecule has 96 valence electrons. The quantitative estimate of drug-likeness (QED) is 0.574. The van der Waals surface area contributed by atoms with Gasteiger partial charge in [0.25, 0.3) is 0 Å². The zero-order valence-electron chi connectivity index (χ0n) is 9.16. The Morgan fingerprint density at radius 1 is 1.06 bits per heavy atom. The van der Waals surface area contributed by atoms with Gasteiger partial charge in [-0.3, -0.25) is 9.59 Å². The van der Waals surface area contributed by atoms with Gasteiger partial charge >= 0.3 is 18.1 Å². The number of esters is 2. The Labute approximate surface area is 101 Å². The first kappa shape index (κ1) is 12.6. The molecule has 0 unspecified atom stereocenters. The van der Waals surface area contributed by atoms with Crippen molar-refractivity contribution < 1.29 is 27.5 Å². The van der Waals surface area contributed by atoms with Crippen LogP contribution in [-0.2, 0) is 20.5 Å². The van der Waals surface area contributed by atoms with Gasteiger partial charge in [-0.2, -0.15) is 13.2 Å². The van der Waals surface area contributed by atoms with Crippen molar-refractivity contribution >= 4 is 11.9 Å². The Morgan fingerprint density at radius 2 is 1.61 bits per heavy atom. The van der Waals surface area contributed by atoms with E-state index in [2.05, 4.69) is 4.74 Å². The van der Waals surface area contributed by atoms with Gasteiger partial charge in [0.15, 0.2) is 0 Å². The molecule has 0 radical (unpaired) electrons. The fourth-order valence-corrected chi connectivity index (χ4v) is 2.02. The second-order valence-corrected chi connectivity index (χ2v) is 4.04. The summed E-state index contributed by atoms with van der Waals surface area (Å²) in [4.78, 5) is 22.2. The fourth-order valence-electron chi connectivity index (χ4n) is 2.02. The van der Waals surface area contributed by atoms with Crippen LogP contribution in [0.2, 0.25) is 0 Å². The van der Waals surface area contributed by atoms with Gasteiger partial charge in [-0.25, -0.2) is 0 Å². The molecule has 0 spiro atoms. The first-order valence-electron chi connectivity index (χ1n) is 5.27. The first-order valence-corrected chi connectivity index (χ1v) is 5.27. The first-order chi connectivity index (χ1) is 8.38. The van der Waals surface area contributed by atoms with E-state index in [9.17, 15) is 22.8 Å². The van der Waals surface area contributed by atoms with Crippen molar-refractivity contribution in [2.45, 2.75) is 24.9 Å². The molecule has 2 rings (SSSR count). The van der Waals surface area contributed by atoms with Gasteiger partial charge in [0.1, 0.15) is 0 Å². The predicted molar refractivity (Wildman–Crippen MR) is 54.5 cm³/mol. The van der Waals surface area contributed by atoms with E-state index in [0.29, 0.717) is 0 Å². The largest absolute Gasteiger partial charge is 0.416 e. The van der Waals surface area contributed by atoms with Crippen molar-refractivity contribution in [1.82, 2.24) is 0 Å². The molecule has 0 N–H and O–H groups in total. The molecule has 1 aromatic rings. The molecule has 0 bridgehead atoms. The lowest BCUT2D eigenvalue weighted by Gasteiger charge is -2.23. The molecule has 0 aromatic heterocycles. The van der Waals surface area contributed by atoms with Gasteiger partial charge in [0, 0.05) is 5.92 Å². The molecule has 1 aliphatic heterocycles. The van der Waals surface area contributed by atoms with Gasteiger partial charge in [0.05, 0.1) is 18.4 Å². The number of carbonyl (C=O) groups is 2. The predicted octanol–water partition coefficient (Wildman–Crippen LogP) is 2.65. The Hall–Kier alpha value is -1.85. The smallest absolute Gasteiger partial charge is 0.393 e. The molecule has 0 aliphatic carbocycles. The van der Waals surface area contributed by atoms with Crippen molar-refractivity contribution in [2.75, 3.05) is 0 Å². The summed E-state index contributed by atoms with van der Waals surface area (Å²) in [6.45, 7) is 0. The van der Waals surface area contributed by atoms with Gasteiger partial charge < -0.3 is 4.74 Å². The second kappa shape index (κ2) is 4.44.